The van der Waals surface area contributed by atoms with Crippen molar-refractivity contribution in [3.8, 4) is 11.5 Å². The van der Waals surface area contributed by atoms with Crippen molar-refractivity contribution in [2.45, 2.75) is 18.9 Å². The summed E-state index contributed by atoms with van der Waals surface area (Å²) in [5.74, 6) is 0.309. The molecule has 2 heterocycles. The quantitative estimate of drug-likeness (QED) is 0.351. The van der Waals surface area contributed by atoms with Crippen LogP contribution in [0.5, 0.6) is 11.5 Å². The fourth-order valence-electron chi connectivity index (χ4n) is 4.97. The molecule has 0 unspecified atom stereocenters. The molecule has 0 saturated carbocycles. The third-order valence-electron chi connectivity index (χ3n) is 6.63. The van der Waals surface area contributed by atoms with Gasteiger partial charge in [0.15, 0.2) is 16.3 Å². The summed E-state index contributed by atoms with van der Waals surface area (Å²) in [5.41, 5.74) is 5.77. The Bertz CT molecular complexity index is 1740. The van der Waals surface area contributed by atoms with Crippen LogP contribution in [0.25, 0.3) is 11.8 Å². The number of nitrogens with zero attached hydrogens (tertiary/aromatic N) is 2. The number of phenols is 1. The first-order valence-electron chi connectivity index (χ1n) is 11.4. The highest BCUT2D eigenvalue weighted by Gasteiger charge is 2.32. The molecule has 180 valence electrons. The monoisotopic (exact) mass is 578 g/mol. The molecule has 0 saturated heterocycles. The molecule has 5 nitrogen and oxygen atoms in total. The van der Waals surface area contributed by atoms with Gasteiger partial charge < -0.3 is 9.84 Å². The first-order valence-corrected chi connectivity index (χ1v) is 13.4. The molecule has 0 radical (unpaired) electrons. The van der Waals surface area contributed by atoms with E-state index in [9.17, 15) is 9.90 Å². The first kappa shape index (κ1) is 23.3. The Balaban J connectivity index is 1.62. The summed E-state index contributed by atoms with van der Waals surface area (Å²) in [6.07, 6.45) is 3.41. The maximum atomic E-state index is 13.8. The van der Waals surface area contributed by atoms with Gasteiger partial charge in [0.05, 0.1) is 23.4 Å². The molecular weight excluding hydrogens is 560 g/mol. The maximum absolute atomic E-state index is 13.8. The number of aromatic hydroxyl groups is 1. The number of rotatable bonds is 3. The highest BCUT2D eigenvalue weighted by atomic mass is 79.9. The Morgan fingerprint density at radius 2 is 1.94 bits per heavy atom. The molecule has 0 spiro atoms. The molecule has 4 aromatic rings. The minimum atomic E-state index is -0.283. The van der Waals surface area contributed by atoms with Gasteiger partial charge >= 0.3 is 0 Å². The smallest absolute Gasteiger partial charge is 0.271 e. The van der Waals surface area contributed by atoms with Crippen LogP contribution >= 0.6 is 38.9 Å². The number of ether oxygens (including phenoxy) is 1. The maximum Gasteiger partial charge on any atom is 0.271 e. The molecule has 0 bridgehead atoms. The molecule has 3 aromatic carbocycles. The van der Waals surface area contributed by atoms with E-state index < -0.39 is 0 Å². The van der Waals surface area contributed by atoms with Crippen molar-refractivity contribution in [1.82, 2.24) is 4.57 Å². The number of fused-ring (bicyclic) bond motifs is 3. The number of hydrogen-bond acceptors (Lipinski definition) is 5. The molecule has 0 amide bonds. The second kappa shape index (κ2) is 9.07. The zero-order valence-corrected chi connectivity index (χ0v) is 22.3. The number of aryl methyl sites for hydroxylation is 1. The van der Waals surface area contributed by atoms with Crippen molar-refractivity contribution in [3.05, 3.63) is 118 Å². The van der Waals surface area contributed by atoms with E-state index in [1.807, 2.05) is 30.3 Å². The van der Waals surface area contributed by atoms with Gasteiger partial charge in [-0.15, -0.1) is 0 Å². The number of hydrogen-bond donors (Lipinski definition) is 1. The summed E-state index contributed by atoms with van der Waals surface area (Å²) in [6, 6.07) is 19.2. The lowest BCUT2D eigenvalue weighted by molar-refractivity contribution is 0.372. The van der Waals surface area contributed by atoms with Crippen molar-refractivity contribution in [2.24, 2.45) is 4.99 Å². The molecule has 6 rings (SSSR count). The largest absolute Gasteiger partial charge is 0.504 e. The van der Waals surface area contributed by atoms with Gasteiger partial charge in [0.2, 0.25) is 0 Å². The van der Waals surface area contributed by atoms with Gasteiger partial charge in [-0.3, -0.25) is 9.36 Å². The average molecular weight is 580 g/mol. The van der Waals surface area contributed by atoms with Gasteiger partial charge in [-0.25, -0.2) is 4.99 Å². The summed E-state index contributed by atoms with van der Waals surface area (Å²) in [5, 5.41) is 11.3. The Morgan fingerprint density at radius 3 is 2.72 bits per heavy atom. The van der Waals surface area contributed by atoms with E-state index in [0.29, 0.717) is 25.7 Å². The fraction of sp³-hybridized carbons (Fsp3) is 0.143. The minimum Gasteiger partial charge on any atom is -0.504 e. The van der Waals surface area contributed by atoms with Gasteiger partial charge in [-0.2, -0.15) is 0 Å². The lowest BCUT2D eigenvalue weighted by Gasteiger charge is -2.30. The van der Waals surface area contributed by atoms with Crippen LogP contribution in [0.15, 0.2) is 80.5 Å². The number of halogens is 2. The molecule has 1 aromatic heterocycles. The molecule has 0 fully saturated rings. The van der Waals surface area contributed by atoms with Crippen molar-refractivity contribution in [3.63, 3.8) is 0 Å². The lowest BCUT2D eigenvalue weighted by Crippen LogP contribution is -2.38. The van der Waals surface area contributed by atoms with E-state index in [2.05, 4.69) is 34.1 Å². The van der Waals surface area contributed by atoms with Crippen molar-refractivity contribution < 1.29 is 9.84 Å². The van der Waals surface area contributed by atoms with E-state index >= 15 is 0 Å². The van der Waals surface area contributed by atoms with Gasteiger partial charge in [-0.05, 0) is 59.9 Å². The van der Waals surface area contributed by atoms with Crippen molar-refractivity contribution >= 4 is 50.6 Å². The number of aromatic nitrogens is 1. The average Bonchev–Trinajstić information content (AvgIpc) is 3.19. The van der Waals surface area contributed by atoms with Crippen LogP contribution in [0, 0.1) is 0 Å². The third-order valence-corrected chi connectivity index (χ3v) is 8.33. The number of thiazole rings is 1. The number of benzene rings is 3. The standard InChI is InChI=1S/C28H20BrClN2O3S/c1-35-22-14-18(29)12-17(26(22)33)13-23-27(34)32-25(16-6-9-19(30)10-7-16)21-11-8-15-4-2-3-5-20(15)24(21)31-28(32)36-23/h2-7,9-10,12-14,25,33H,8,11H2,1H3/b23-13+/t25-/m0/s1. The second-order valence-corrected chi connectivity index (χ2v) is 11.1. The van der Waals surface area contributed by atoms with E-state index in [0.717, 1.165) is 39.7 Å². The van der Waals surface area contributed by atoms with E-state index in [-0.39, 0.29) is 17.4 Å². The summed E-state index contributed by atoms with van der Waals surface area (Å²) in [4.78, 5) is 19.5. The van der Waals surface area contributed by atoms with Gasteiger partial charge in [0, 0.05) is 20.6 Å². The second-order valence-electron chi connectivity index (χ2n) is 8.71. The molecule has 1 atom stereocenters. The minimum absolute atomic E-state index is 0.0194. The Hall–Kier alpha value is -3.13. The number of methoxy groups -OCH3 is 1. The SMILES string of the molecule is COc1cc(Br)cc(/C=c2/sc3n(c2=O)[C@@H](c2ccc(Cl)cc2)C2=C(N=3)c3ccccc3CC2)c1O. The topological polar surface area (TPSA) is 63.8 Å². The fourth-order valence-corrected chi connectivity index (χ4v) is 6.54. The zero-order valence-electron chi connectivity index (χ0n) is 19.2. The van der Waals surface area contributed by atoms with Crippen LogP contribution in [0.3, 0.4) is 0 Å². The Morgan fingerprint density at radius 1 is 1.17 bits per heavy atom. The van der Waals surface area contributed by atoms with Crippen LogP contribution < -0.4 is 19.6 Å². The molecule has 8 heteroatoms. The first-order chi connectivity index (χ1) is 17.4. The summed E-state index contributed by atoms with van der Waals surface area (Å²) >= 11 is 11.0. The zero-order chi connectivity index (χ0) is 25.0. The van der Waals surface area contributed by atoms with E-state index in [1.54, 1.807) is 22.8 Å². The predicted octanol–water partition coefficient (Wildman–Crippen LogP) is 5.45. The van der Waals surface area contributed by atoms with Crippen LogP contribution in [0.1, 0.15) is 34.7 Å². The molecule has 36 heavy (non-hydrogen) atoms. The Labute approximate surface area is 224 Å². The number of allylic oxidation sites excluding steroid dienone is 1. The number of phenolic OH excluding ortho intramolecular Hbond substituents is 1. The van der Waals surface area contributed by atoms with E-state index in [1.165, 1.54) is 24.0 Å². The highest BCUT2D eigenvalue weighted by molar-refractivity contribution is 9.10. The van der Waals surface area contributed by atoms with Crippen LogP contribution in [0.4, 0.5) is 0 Å². The molecule has 2 aliphatic rings. The predicted molar refractivity (Wildman–Crippen MR) is 147 cm³/mol. The van der Waals surface area contributed by atoms with Crippen LogP contribution in [0.2, 0.25) is 5.02 Å². The van der Waals surface area contributed by atoms with Gasteiger partial charge in [-0.1, -0.05) is 75.3 Å². The van der Waals surface area contributed by atoms with E-state index in [4.69, 9.17) is 21.3 Å². The van der Waals surface area contributed by atoms with Crippen molar-refractivity contribution in [2.75, 3.05) is 7.11 Å². The van der Waals surface area contributed by atoms with Crippen molar-refractivity contribution in [1.29, 1.82) is 0 Å². The summed E-state index contributed by atoms with van der Waals surface area (Å²) < 4.78 is 8.28. The normalized spacial score (nSPS) is 16.8. The molecule has 1 aliphatic heterocycles. The summed E-state index contributed by atoms with van der Waals surface area (Å²) in [6.45, 7) is 0. The molecular formula is C28H20BrClN2O3S. The summed E-state index contributed by atoms with van der Waals surface area (Å²) in [7, 11) is 1.49. The molecule has 1 aliphatic carbocycles. The van der Waals surface area contributed by atoms with Crippen LogP contribution in [-0.2, 0) is 6.42 Å². The van der Waals surface area contributed by atoms with Crippen LogP contribution in [-0.4, -0.2) is 16.8 Å². The Kier molecular flexibility index (Phi) is 5.86. The molecule has 1 N–H and O–H groups in total. The van der Waals surface area contributed by atoms with Gasteiger partial charge in [0.1, 0.15) is 0 Å². The third kappa shape index (κ3) is 3.82. The lowest BCUT2D eigenvalue weighted by atomic mass is 9.83. The van der Waals surface area contributed by atoms with Gasteiger partial charge in [0.25, 0.3) is 5.56 Å². The highest BCUT2D eigenvalue weighted by Crippen LogP contribution is 2.41.